The molecule has 1 aromatic carbocycles. The smallest absolute Gasteiger partial charge is 0.368 e. The molecule has 0 unspecified atom stereocenters. The van der Waals surface area contributed by atoms with Crippen LogP contribution in [0, 0.1) is 10.1 Å². The Morgan fingerprint density at radius 3 is 2.29 bits per heavy atom. The number of hydrogen-bond acceptors (Lipinski definition) is 8. The van der Waals surface area contributed by atoms with Gasteiger partial charge in [0.15, 0.2) is 0 Å². The van der Waals surface area contributed by atoms with E-state index in [1.54, 1.807) is 17.0 Å². The molecule has 1 saturated heterocycles. The number of halogens is 3. The van der Waals surface area contributed by atoms with Crippen molar-refractivity contribution in [1.82, 2.24) is 15.1 Å². The Labute approximate surface area is 177 Å². The third kappa shape index (κ3) is 5.87. The van der Waals surface area contributed by atoms with Gasteiger partial charge in [-0.2, -0.15) is 13.2 Å². The fourth-order valence-electron chi connectivity index (χ4n) is 2.95. The lowest BCUT2D eigenvalue weighted by Crippen LogP contribution is -2.48. The summed E-state index contributed by atoms with van der Waals surface area (Å²) in [6, 6.07) is 6.14. The summed E-state index contributed by atoms with van der Waals surface area (Å²) in [5, 5.41) is 17.7. The summed E-state index contributed by atoms with van der Waals surface area (Å²) < 4.78 is 37.5. The van der Waals surface area contributed by atoms with Gasteiger partial charge in [-0.15, -0.1) is 10.2 Å². The van der Waals surface area contributed by atoms with E-state index in [1.807, 2.05) is 4.90 Å². The van der Waals surface area contributed by atoms with Crippen molar-refractivity contribution >= 4 is 39.7 Å². The number of benzene rings is 1. The molecule has 166 valence electrons. The van der Waals surface area contributed by atoms with E-state index in [4.69, 9.17) is 0 Å². The topological polar surface area (TPSA) is 122 Å². The number of alkyl halides is 3. The van der Waals surface area contributed by atoms with E-state index in [0.29, 0.717) is 26.2 Å². The molecule has 1 aromatic heterocycles. The standard InChI is InChI=1S/C17H17F3N6O4S/c18-17(19,20)15-22-23-16(31-15)21-13(27)5-6-14(28)25-9-7-24(8-10-25)11-1-3-12(4-2-11)26(29)30/h1-4H,5-10H2,(H,21,23,27). The predicted molar refractivity (Wildman–Crippen MR) is 105 cm³/mol. The highest BCUT2D eigenvalue weighted by molar-refractivity contribution is 7.15. The number of nitrogens with zero attached hydrogens (tertiary/aromatic N) is 5. The van der Waals surface area contributed by atoms with E-state index in [1.165, 1.54) is 12.1 Å². The minimum absolute atomic E-state index is 0.000926. The zero-order chi connectivity index (χ0) is 22.6. The van der Waals surface area contributed by atoms with Crippen LogP contribution in [0.25, 0.3) is 0 Å². The van der Waals surface area contributed by atoms with Gasteiger partial charge in [-0.25, -0.2) is 0 Å². The number of rotatable bonds is 6. The zero-order valence-electron chi connectivity index (χ0n) is 16.0. The Morgan fingerprint density at radius 1 is 1.10 bits per heavy atom. The van der Waals surface area contributed by atoms with Crippen LogP contribution in [-0.4, -0.2) is 58.0 Å². The van der Waals surface area contributed by atoms with Gasteiger partial charge in [0, 0.05) is 56.8 Å². The van der Waals surface area contributed by atoms with Crippen molar-refractivity contribution in [3.05, 3.63) is 39.4 Å². The molecule has 14 heteroatoms. The van der Waals surface area contributed by atoms with Crippen LogP contribution in [0.1, 0.15) is 17.8 Å². The first-order valence-electron chi connectivity index (χ1n) is 9.11. The summed E-state index contributed by atoms with van der Waals surface area (Å²) in [4.78, 5) is 38.1. The molecule has 10 nitrogen and oxygen atoms in total. The molecule has 2 heterocycles. The van der Waals surface area contributed by atoms with E-state index in [9.17, 15) is 32.9 Å². The molecule has 1 fully saturated rings. The second kappa shape index (κ2) is 9.24. The molecule has 0 bridgehead atoms. The Balaban J connectivity index is 1.43. The van der Waals surface area contributed by atoms with Gasteiger partial charge in [0.1, 0.15) is 0 Å². The van der Waals surface area contributed by atoms with Crippen molar-refractivity contribution in [2.75, 3.05) is 36.4 Å². The second-order valence-electron chi connectivity index (χ2n) is 6.60. The highest BCUT2D eigenvalue weighted by Crippen LogP contribution is 2.33. The maximum Gasteiger partial charge on any atom is 0.445 e. The number of nitrogens with one attached hydrogen (secondary N) is 1. The van der Waals surface area contributed by atoms with Crippen LogP contribution in [0.2, 0.25) is 0 Å². The number of non-ortho nitro benzene ring substituents is 1. The first-order chi connectivity index (χ1) is 14.6. The van der Waals surface area contributed by atoms with Gasteiger partial charge >= 0.3 is 6.18 Å². The summed E-state index contributed by atoms with van der Waals surface area (Å²) in [5.74, 6) is -0.866. The number of amides is 2. The van der Waals surface area contributed by atoms with Crippen LogP contribution < -0.4 is 10.2 Å². The highest BCUT2D eigenvalue weighted by atomic mass is 32.1. The van der Waals surface area contributed by atoms with Crippen molar-refractivity contribution < 1.29 is 27.7 Å². The van der Waals surface area contributed by atoms with Crippen molar-refractivity contribution in [2.24, 2.45) is 0 Å². The van der Waals surface area contributed by atoms with Crippen molar-refractivity contribution in [1.29, 1.82) is 0 Å². The molecule has 0 aliphatic carbocycles. The number of aromatic nitrogens is 2. The summed E-state index contributed by atoms with van der Waals surface area (Å²) in [6.07, 6.45) is -4.91. The Morgan fingerprint density at radius 2 is 1.74 bits per heavy atom. The van der Waals surface area contributed by atoms with Gasteiger partial charge in [-0.1, -0.05) is 11.3 Å². The van der Waals surface area contributed by atoms with Gasteiger partial charge < -0.3 is 15.1 Å². The van der Waals surface area contributed by atoms with Crippen LogP contribution in [0.3, 0.4) is 0 Å². The maximum absolute atomic E-state index is 12.5. The molecule has 1 aliphatic heterocycles. The van der Waals surface area contributed by atoms with Gasteiger partial charge in [0.25, 0.3) is 5.69 Å². The minimum Gasteiger partial charge on any atom is -0.368 e. The quantitative estimate of drug-likeness (QED) is 0.521. The van der Waals surface area contributed by atoms with Gasteiger partial charge in [0.05, 0.1) is 4.92 Å². The summed E-state index contributed by atoms with van der Waals surface area (Å²) >= 11 is 0.214. The van der Waals surface area contributed by atoms with Gasteiger partial charge in [-0.05, 0) is 12.1 Å². The average molecular weight is 458 g/mol. The lowest BCUT2D eigenvalue weighted by molar-refractivity contribution is -0.384. The summed E-state index contributed by atoms with van der Waals surface area (Å²) in [7, 11) is 0. The first-order valence-corrected chi connectivity index (χ1v) is 9.93. The average Bonchev–Trinajstić information content (AvgIpc) is 3.21. The van der Waals surface area contributed by atoms with Crippen molar-refractivity contribution in [3.63, 3.8) is 0 Å². The lowest BCUT2D eigenvalue weighted by Gasteiger charge is -2.36. The zero-order valence-corrected chi connectivity index (χ0v) is 16.8. The van der Waals surface area contributed by atoms with E-state index in [0.717, 1.165) is 5.69 Å². The lowest BCUT2D eigenvalue weighted by atomic mass is 10.2. The molecular formula is C17H17F3N6O4S. The number of carbonyl (C=O) groups is 2. The molecule has 3 rings (SSSR count). The molecule has 31 heavy (non-hydrogen) atoms. The van der Waals surface area contributed by atoms with Crippen LogP contribution in [0.5, 0.6) is 0 Å². The minimum atomic E-state index is -4.63. The van der Waals surface area contributed by atoms with Crippen molar-refractivity contribution in [3.8, 4) is 0 Å². The number of hydrogen-bond donors (Lipinski definition) is 1. The SMILES string of the molecule is O=C(CCC(=O)N1CCN(c2ccc([N+](=O)[O-])cc2)CC1)Nc1nnc(C(F)(F)F)s1. The predicted octanol–water partition coefficient (Wildman–Crippen LogP) is 2.53. The number of nitro benzene ring substituents is 1. The monoisotopic (exact) mass is 458 g/mol. The largest absolute Gasteiger partial charge is 0.445 e. The summed E-state index contributed by atoms with van der Waals surface area (Å²) in [6.45, 7) is 1.90. The fraction of sp³-hybridized carbons (Fsp3) is 0.412. The van der Waals surface area contributed by atoms with Crippen LogP contribution in [-0.2, 0) is 15.8 Å². The number of piperazine rings is 1. The second-order valence-corrected chi connectivity index (χ2v) is 7.58. The first kappa shape index (κ1) is 22.4. The van der Waals surface area contributed by atoms with Crippen LogP contribution in [0.4, 0.5) is 29.7 Å². The molecule has 2 amide bonds. The number of nitro groups is 1. The third-order valence-electron chi connectivity index (χ3n) is 4.54. The van der Waals surface area contributed by atoms with E-state index >= 15 is 0 Å². The fourth-order valence-corrected chi connectivity index (χ4v) is 3.57. The molecule has 0 saturated carbocycles. The summed E-state index contributed by atoms with van der Waals surface area (Å²) in [5.41, 5.74) is 0.811. The molecule has 0 radical (unpaired) electrons. The molecule has 0 atom stereocenters. The van der Waals surface area contributed by atoms with E-state index < -0.39 is 22.0 Å². The van der Waals surface area contributed by atoms with Gasteiger partial charge in [-0.3, -0.25) is 19.7 Å². The van der Waals surface area contributed by atoms with E-state index in [2.05, 4.69) is 15.5 Å². The molecular weight excluding hydrogens is 441 g/mol. The van der Waals surface area contributed by atoms with Crippen molar-refractivity contribution in [2.45, 2.75) is 19.0 Å². The molecule has 2 aromatic rings. The Bertz CT molecular complexity index is 958. The van der Waals surface area contributed by atoms with E-state index in [-0.39, 0.29) is 40.9 Å². The Kier molecular flexibility index (Phi) is 6.68. The van der Waals surface area contributed by atoms with Crippen LogP contribution in [0.15, 0.2) is 24.3 Å². The number of anilines is 2. The Hall–Kier alpha value is -3.29. The number of carbonyl (C=O) groups excluding carboxylic acids is 2. The molecule has 0 spiro atoms. The molecule has 1 aliphatic rings. The highest BCUT2D eigenvalue weighted by Gasteiger charge is 2.35. The normalized spacial score (nSPS) is 14.4. The van der Waals surface area contributed by atoms with Crippen LogP contribution >= 0.6 is 11.3 Å². The van der Waals surface area contributed by atoms with Gasteiger partial charge in [0.2, 0.25) is 22.0 Å². The maximum atomic E-state index is 12.5. The molecule has 1 N–H and O–H groups in total. The third-order valence-corrected chi connectivity index (χ3v) is 5.42.